The first-order valence-corrected chi connectivity index (χ1v) is 10.8. The van der Waals surface area contributed by atoms with E-state index in [0.29, 0.717) is 43.6 Å². The summed E-state index contributed by atoms with van der Waals surface area (Å²) >= 11 is 5.94. The van der Waals surface area contributed by atoms with Gasteiger partial charge in [0, 0.05) is 36.8 Å². The van der Waals surface area contributed by atoms with Gasteiger partial charge in [0.2, 0.25) is 15.9 Å². The molecule has 0 spiro atoms. The molecule has 3 aromatic rings. The molecule has 4 rings (SSSR count). The average molecular weight is 418 g/mol. The Morgan fingerprint density at radius 1 is 1.00 bits per heavy atom. The van der Waals surface area contributed by atoms with Gasteiger partial charge in [-0.2, -0.15) is 4.31 Å². The van der Waals surface area contributed by atoms with E-state index in [2.05, 4.69) is 9.88 Å². The van der Waals surface area contributed by atoms with Crippen LogP contribution in [0.15, 0.2) is 70.1 Å². The molecule has 2 aromatic carbocycles. The normalized spacial score (nSPS) is 16.3. The van der Waals surface area contributed by atoms with Crippen LogP contribution < -0.4 is 0 Å². The maximum absolute atomic E-state index is 12.8. The Morgan fingerprint density at radius 2 is 1.75 bits per heavy atom. The van der Waals surface area contributed by atoms with Crippen molar-refractivity contribution in [3.8, 4) is 11.3 Å². The van der Waals surface area contributed by atoms with E-state index < -0.39 is 10.0 Å². The van der Waals surface area contributed by atoms with Crippen molar-refractivity contribution in [1.82, 2.24) is 14.2 Å². The quantitative estimate of drug-likeness (QED) is 0.635. The Bertz CT molecular complexity index is 1050. The highest BCUT2D eigenvalue weighted by Gasteiger charge is 2.29. The van der Waals surface area contributed by atoms with Crippen LogP contribution in [0.2, 0.25) is 5.02 Å². The summed E-state index contributed by atoms with van der Waals surface area (Å²) in [5.74, 6) is 1.36. The van der Waals surface area contributed by atoms with Gasteiger partial charge in [-0.1, -0.05) is 48.0 Å². The second-order valence-electron chi connectivity index (χ2n) is 6.62. The van der Waals surface area contributed by atoms with Crippen molar-refractivity contribution in [3.63, 3.8) is 0 Å². The van der Waals surface area contributed by atoms with E-state index in [9.17, 15) is 8.42 Å². The summed E-state index contributed by atoms with van der Waals surface area (Å²) in [5, 5.41) is 0.415. The zero-order valence-corrected chi connectivity index (χ0v) is 16.7. The van der Waals surface area contributed by atoms with E-state index in [1.165, 1.54) is 10.4 Å². The molecule has 146 valence electrons. The molecule has 8 heteroatoms. The molecular weight excluding hydrogens is 398 g/mol. The van der Waals surface area contributed by atoms with Gasteiger partial charge in [-0.25, -0.2) is 13.4 Å². The predicted octanol–water partition coefficient (Wildman–Crippen LogP) is 3.50. The highest BCUT2D eigenvalue weighted by molar-refractivity contribution is 7.89. The fourth-order valence-corrected chi connectivity index (χ4v) is 4.94. The van der Waals surface area contributed by atoms with Crippen LogP contribution in [0.4, 0.5) is 0 Å². The van der Waals surface area contributed by atoms with Crippen molar-refractivity contribution < 1.29 is 12.8 Å². The van der Waals surface area contributed by atoms with Crippen LogP contribution in [-0.2, 0) is 16.6 Å². The Hall–Kier alpha value is -2.19. The Morgan fingerprint density at radius 3 is 2.46 bits per heavy atom. The molecule has 0 N–H and O–H groups in total. The molecule has 0 radical (unpaired) electrons. The topological polar surface area (TPSA) is 66.7 Å². The summed E-state index contributed by atoms with van der Waals surface area (Å²) in [5.41, 5.74) is 0.985. The minimum absolute atomic E-state index is 0.230. The van der Waals surface area contributed by atoms with Crippen LogP contribution in [0.1, 0.15) is 5.89 Å². The number of sulfonamides is 1. The lowest BCUT2D eigenvalue weighted by Crippen LogP contribution is -2.48. The van der Waals surface area contributed by atoms with E-state index in [1.54, 1.807) is 24.4 Å². The van der Waals surface area contributed by atoms with E-state index >= 15 is 0 Å². The summed E-state index contributed by atoms with van der Waals surface area (Å²) in [6.07, 6.45) is 1.73. The first-order valence-electron chi connectivity index (χ1n) is 9.00. The van der Waals surface area contributed by atoms with E-state index in [0.717, 1.165) is 11.3 Å². The standard InChI is InChI=1S/C20H20ClN3O3S/c21-17-7-4-8-18(13-17)28(25,26)24-11-9-23(10-12-24)15-20-22-14-19(27-20)16-5-2-1-3-6-16/h1-8,13-14H,9-12,15H2. The Kier molecular flexibility index (Phi) is 5.50. The van der Waals surface area contributed by atoms with E-state index in [1.807, 2.05) is 30.3 Å². The van der Waals surface area contributed by atoms with Crippen LogP contribution in [0.5, 0.6) is 0 Å². The number of piperazine rings is 1. The third-order valence-corrected chi connectivity index (χ3v) is 6.87. The molecule has 0 saturated carbocycles. The van der Waals surface area contributed by atoms with Gasteiger partial charge in [0.25, 0.3) is 0 Å². The number of benzene rings is 2. The van der Waals surface area contributed by atoms with Crippen LogP contribution in [0.25, 0.3) is 11.3 Å². The second-order valence-corrected chi connectivity index (χ2v) is 9.00. The fourth-order valence-electron chi connectivity index (χ4n) is 3.22. The molecule has 0 bridgehead atoms. The van der Waals surface area contributed by atoms with Crippen LogP contribution in [-0.4, -0.2) is 48.8 Å². The van der Waals surface area contributed by atoms with Gasteiger partial charge in [0.1, 0.15) is 0 Å². The lowest BCUT2D eigenvalue weighted by atomic mass is 10.2. The number of aromatic nitrogens is 1. The van der Waals surface area contributed by atoms with E-state index in [-0.39, 0.29) is 4.90 Å². The molecule has 0 amide bonds. The molecule has 6 nitrogen and oxygen atoms in total. The van der Waals surface area contributed by atoms with Crippen molar-refractivity contribution in [2.24, 2.45) is 0 Å². The monoisotopic (exact) mass is 417 g/mol. The molecule has 1 aromatic heterocycles. The fraction of sp³-hybridized carbons (Fsp3) is 0.250. The number of halogens is 1. The van der Waals surface area contributed by atoms with Crippen molar-refractivity contribution in [1.29, 1.82) is 0 Å². The molecule has 0 aliphatic carbocycles. The molecule has 1 aliphatic rings. The molecule has 1 saturated heterocycles. The molecule has 0 unspecified atom stereocenters. The molecule has 1 aliphatic heterocycles. The highest BCUT2D eigenvalue weighted by atomic mass is 35.5. The van der Waals surface area contributed by atoms with Crippen LogP contribution >= 0.6 is 11.6 Å². The zero-order chi connectivity index (χ0) is 19.6. The maximum Gasteiger partial charge on any atom is 0.243 e. The first-order chi connectivity index (χ1) is 13.5. The SMILES string of the molecule is O=S(=O)(c1cccc(Cl)c1)N1CCN(Cc2ncc(-c3ccccc3)o2)CC1. The minimum Gasteiger partial charge on any atom is -0.439 e. The largest absolute Gasteiger partial charge is 0.439 e. The van der Waals surface area contributed by atoms with Crippen molar-refractivity contribution >= 4 is 21.6 Å². The smallest absolute Gasteiger partial charge is 0.243 e. The minimum atomic E-state index is -3.53. The van der Waals surface area contributed by atoms with Gasteiger partial charge in [-0.15, -0.1) is 0 Å². The Labute approximate surface area is 169 Å². The third-order valence-electron chi connectivity index (χ3n) is 4.74. The average Bonchev–Trinajstić information content (AvgIpc) is 3.18. The molecule has 2 heterocycles. The molecule has 28 heavy (non-hydrogen) atoms. The summed E-state index contributed by atoms with van der Waals surface area (Å²) in [7, 11) is -3.53. The lowest BCUT2D eigenvalue weighted by Gasteiger charge is -2.33. The van der Waals surface area contributed by atoms with Crippen molar-refractivity contribution in [3.05, 3.63) is 71.7 Å². The summed E-state index contributed by atoms with van der Waals surface area (Å²) in [4.78, 5) is 6.73. The second kappa shape index (κ2) is 8.05. The molecule has 1 fully saturated rings. The van der Waals surface area contributed by atoms with Gasteiger partial charge in [0.15, 0.2) is 5.76 Å². The number of nitrogens with zero attached hydrogens (tertiary/aromatic N) is 3. The number of hydrogen-bond donors (Lipinski definition) is 0. The number of hydrogen-bond acceptors (Lipinski definition) is 5. The van der Waals surface area contributed by atoms with Gasteiger partial charge >= 0.3 is 0 Å². The van der Waals surface area contributed by atoms with Gasteiger partial charge < -0.3 is 4.42 Å². The summed E-state index contributed by atoms with van der Waals surface area (Å²) in [6.45, 7) is 2.62. The van der Waals surface area contributed by atoms with Crippen LogP contribution in [0.3, 0.4) is 0 Å². The highest BCUT2D eigenvalue weighted by Crippen LogP contribution is 2.23. The van der Waals surface area contributed by atoms with Gasteiger partial charge in [-0.3, -0.25) is 4.90 Å². The molecule has 0 atom stereocenters. The number of rotatable bonds is 5. The summed E-state index contributed by atoms with van der Waals surface area (Å²) in [6, 6.07) is 16.2. The van der Waals surface area contributed by atoms with Gasteiger partial charge in [0.05, 0.1) is 17.6 Å². The van der Waals surface area contributed by atoms with Crippen molar-refractivity contribution in [2.75, 3.05) is 26.2 Å². The predicted molar refractivity (Wildman–Crippen MR) is 107 cm³/mol. The number of oxazole rings is 1. The zero-order valence-electron chi connectivity index (χ0n) is 15.2. The molecular formula is C20H20ClN3O3S. The third kappa shape index (κ3) is 4.12. The van der Waals surface area contributed by atoms with Crippen LogP contribution in [0, 0.1) is 0 Å². The van der Waals surface area contributed by atoms with E-state index in [4.69, 9.17) is 16.0 Å². The van der Waals surface area contributed by atoms with Gasteiger partial charge in [-0.05, 0) is 18.2 Å². The maximum atomic E-state index is 12.8. The first kappa shape index (κ1) is 19.1. The summed E-state index contributed by atoms with van der Waals surface area (Å²) < 4.78 is 32.9. The lowest BCUT2D eigenvalue weighted by molar-refractivity contribution is 0.168. The Balaban J connectivity index is 1.38. The van der Waals surface area contributed by atoms with Crippen molar-refractivity contribution in [2.45, 2.75) is 11.4 Å².